The first kappa shape index (κ1) is 13.4. The topological polar surface area (TPSA) is 68.3 Å². The number of aryl methyl sites for hydroxylation is 1. The minimum Gasteiger partial charge on any atom is -0.448 e. The van der Waals surface area contributed by atoms with Gasteiger partial charge in [0.05, 0.1) is 11.5 Å². The molecule has 0 saturated carbocycles. The van der Waals surface area contributed by atoms with E-state index in [0.29, 0.717) is 29.6 Å². The molecule has 2 aromatic rings. The quantitative estimate of drug-likeness (QED) is 0.663. The van der Waals surface area contributed by atoms with Crippen molar-refractivity contribution in [1.82, 2.24) is 0 Å². The summed E-state index contributed by atoms with van der Waals surface area (Å²) in [5.74, 6) is 0.673. The van der Waals surface area contributed by atoms with Gasteiger partial charge in [-0.15, -0.1) is 0 Å². The van der Waals surface area contributed by atoms with Crippen LogP contribution in [0.5, 0.6) is 0 Å². The number of furan rings is 1. The maximum atomic E-state index is 11.0. The molecule has 19 heavy (non-hydrogen) atoms. The molecule has 0 aliphatic rings. The van der Waals surface area contributed by atoms with Gasteiger partial charge in [0.25, 0.3) is 5.69 Å². The van der Waals surface area contributed by atoms with Gasteiger partial charge in [0.1, 0.15) is 5.76 Å². The van der Waals surface area contributed by atoms with E-state index >= 15 is 0 Å². The molecule has 1 heterocycles. The molecule has 0 aliphatic heterocycles. The Morgan fingerprint density at radius 1 is 1.37 bits per heavy atom. The summed E-state index contributed by atoms with van der Waals surface area (Å²) in [6.07, 6.45) is 0.629. The molecule has 0 atom stereocenters. The highest BCUT2D eigenvalue weighted by atomic mass is 35.5. The van der Waals surface area contributed by atoms with Crippen molar-refractivity contribution in [3.63, 3.8) is 0 Å². The summed E-state index contributed by atoms with van der Waals surface area (Å²) in [7, 11) is 0. The fourth-order valence-electron chi connectivity index (χ4n) is 1.78. The zero-order chi connectivity index (χ0) is 13.8. The smallest absolute Gasteiger partial charge is 0.274 e. The Bertz CT molecular complexity index is 595. The van der Waals surface area contributed by atoms with Crippen molar-refractivity contribution < 1.29 is 9.34 Å². The molecule has 5 nitrogen and oxygen atoms in total. The van der Waals surface area contributed by atoms with Crippen LogP contribution >= 0.6 is 11.6 Å². The van der Waals surface area contributed by atoms with Gasteiger partial charge < -0.3 is 9.73 Å². The van der Waals surface area contributed by atoms with Crippen LogP contribution < -0.4 is 5.32 Å². The first-order valence-electron chi connectivity index (χ1n) is 5.85. The zero-order valence-electron chi connectivity index (χ0n) is 10.4. The minimum absolute atomic E-state index is 0.130. The SMILES string of the molecule is CCc1ccc(NCc2ccc(Cl)o2)cc1[N+](=O)[O-]. The number of hydrogen-bond donors (Lipinski definition) is 1. The third-order valence-corrected chi connectivity index (χ3v) is 2.96. The van der Waals surface area contributed by atoms with E-state index in [-0.39, 0.29) is 10.6 Å². The molecule has 0 radical (unpaired) electrons. The van der Waals surface area contributed by atoms with Crippen LogP contribution in [0.2, 0.25) is 5.22 Å². The molecular formula is C13H13ClN2O3. The Morgan fingerprint density at radius 2 is 2.16 bits per heavy atom. The normalized spacial score (nSPS) is 10.4. The highest BCUT2D eigenvalue weighted by Crippen LogP contribution is 2.24. The van der Waals surface area contributed by atoms with E-state index in [4.69, 9.17) is 16.0 Å². The minimum atomic E-state index is -0.367. The van der Waals surface area contributed by atoms with Gasteiger partial charge in [-0.1, -0.05) is 13.0 Å². The van der Waals surface area contributed by atoms with Crippen molar-refractivity contribution in [1.29, 1.82) is 0 Å². The van der Waals surface area contributed by atoms with Crippen LogP contribution in [0.1, 0.15) is 18.2 Å². The number of anilines is 1. The summed E-state index contributed by atoms with van der Waals surface area (Å²) in [5.41, 5.74) is 1.53. The van der Waals surface area contributed by atoms with E-state index in [1.54, 1.807) is 18.2 Å². The van der Waals surface area contributed by atoms with E-state index in [2.05, 4.69) is 5.32 Å². The Labute approximate surface area is 115 Å². The molecule has 0 unspecified atom stereocenters. The molecule has 1 aromatic carbocycles. The van der Waals surface area contributed by atoms with Gasteiger partial charge in [0.2, 0.25) is 0 Å². The predicted octanol–water partition coefficient (Wildman–Crippen LogP) is 4.02. The maximum absolute atomic E-state index is 11.0. The van der Waals surface area contributed by atoms with Gasteiger partial charge in [-0.05, 0) is 36.2 Å². The number of benzene rings is 1. The molecule has 1 N–H and O–H groups in total. The molecule has 2 rings (SSSR count). The number of nitrogens with one attached hydrogen (secondary N) is 1. The van der Waals surface area contributed by atoms with Crippen molar-refractivity contribution in [3.05, 3.63) is 57.0 Å². The molecule has 6 heteroatoms. The zero-order valence-corrected chi connectivity index (χ0v) is 11.1. The summed E-state index contributed by atoms with van der Waals surface area (Å²) in [6, 6.07) is 8.51. The Kier molecular flexibility index (Phi) is 4.06. The number of nitrogens with zero attached hydrogens (tertiary/aromatic N) is 1. The van der Waals surface area contributed by atoms with Gasteiger partial charge in [-0.2, -0.15) is 0 Å². The number of rotatable bonds is 5. The van der Waals surface area contributed by atoms with E-state index in [1.807, 2.05) is 13.0 Å². The van der Waals surface area contributed by atoms with Gasteiger partial charge >= 0.3 is 0 Å². The molecule has 0 amide bonds. The average Bonchev–Trinajstić information content (AvgIpc) is 2.81. The Balaban J connectivity index is 2.12. The van der Waals surface area contributed by atoms with Gasteiger partial charge in [-0.25, -0.2) is 0 Å². The van der Waals surface area contributed by atoms with E-state index in [9.17, 15) is 10.1 Å². The van der Waals surface area contributed by atoms with Crippen molar-refractivity contribution in [2.75, 3.05) is 5.32 Å². The second-order valence-electron chi connectivity index (χ2n) is 4.01. The van der Waals surface area contributed by atoms with E-state index < -0.39 is 0 Å². The molecule has 0 spiro atoms. The van der Waals surface area contributed by atoms with Crippen molar-refractivity contribution in [2.45, 2.75) is 19.9 Å². The van der Waals surface area contributed by atoms with Crippen LogP contribution in [-0.2, 0) is 13.0 Å². The first-order valence-corrected chi connectivity index (χ1v) is 6.23. The van der Waals surface area contributed by atoms with Crippen LogP contribution in [0, 0.1) is 10.1 Å². The number of halogens is 1. The second-order valence-corrected chi connectivity index (χ2v) is 4.39. The van der Waals surface area contributed by atoms with Gasteiger partial charge in [-0.3, -0.25) is 10.1 Å². The van der Waals surface area contributed by atoms with E-state index in [1.165, 1.54) is 6.07 Å². The Morgan fingerprint density at radius 3 is 2.74 bits per heavy atom. The first-order chi connectivity index (χ1) is 9.10. The molecule has 0 saturated heterocycles. The fourth-order valence-corrected chi connectivity index (χ4v) is 1.94. The highest BCUT2D eigenvalue weighted by Gasteiger charge is 2.13. The van der Waals surface area contributed by atoms with Crippen LogP contribution in [0.3, 0.4) is 0 Å². The average molecular weight is 281 g/mol. The number of hydrogen-bond acceptors (Lipinski definition) is 4. The number of nitro groups is 1. The number of nitro benzene ring substituents is 1. The summed E-state index contributed by atoms with van der Waals surface area (Å²) >= 11 is 5.66. The maximum Gasteiger partial charge on any atom is 0.274 e. The molecule has 0 aliphatic carbocycles. The molecule has 0 bridgehead atoms. The summed E-state index contributed by atoms with van der Waals surface area (Å²) in [4.78, 5) is 10.6. The largest absolute Gasteiger partial charge is 0.448 e. The molecule has 1 aromatic heterocycles. The van der Waals surface area contributed by atoms with E-state index in [0.717, 1.165) is 5.56 Å². The Hall–Kier alpha value is -2.01. The lowest BCUT2D eigenvalue weighted by molar-refractivity contribution is -0.385. The summed E-state index contributed by atoms with van der Waals surface area (Å²) < 4.78 is 5.20. The molecule has 100 valence electrons. The van der Waals surface area contributed by atoms with Gasteiger partial charge in [0, 0.05) is 17.3 Å². The third-order valence-electron chi connectivity index (χ3n) is 2.76. The predicted molar refractivity (Wildman–Crippen MR) is 73.5 cm³/mol. The highest BCUT2D eigenvalue weighted by molar-refractivity contribution is 6.28. The lowest BCUT2D eigenvalue weighted by atomic mass is 10.1. The fraction of sp³-hybridized carbons (Fsp3) is 0.231. The van der Waals surface area contributed by atoms with Crippen molar-refractivity contribution in [3.8, 4) is 0 Å². The van der Waals surface area contributed by atoms with Crippen molar-refractivity contribution in [2.24, 2.45) is 0 Å². The van der Waals surface area contributed by atoms with Crippen LogP contribution in [-0.4, -0.2) is 4.92 Å². The second kappa shape index (κ2) is 5.75. The lowest BCUT2D eigenvalue weighted by Crippen LogP contribution is -2.00. The monoisotopic (exact) mass is 280 g/mol. The third kappa shape index (κ3) is 3.26. The summed E-state index contributed by atoms with van der Waals surface area (Å²) in [6.45, 7) is 2.32. The van der Waals surface area contributed by atoms with Crippen LogP contribution in [0.25, 0.3) is 0 Å². The van der Waals surface area contributed by atoms with Crippen LogP contribution in [0.4, 0.5) is 11.4 Å². The van der Waals surface area contributed by atoms with Crippen LogP contribution in [0.15, 0.2) is 34.7 Å². The van der Waals surface area contributed by atoms with Crippen molar-refractivity contribution >= 4 is 23.0 Å². The van der Waals surface area contributed by atoms with Gasteiger partial charge in [0.15, 0.2) is 5.22 Å². The summed E-state index contributed by atoms with van der Waals surface area (Å²) in [5, 5.41) is 14.3. The molecule has 0 fully saturated rings. The molecular weight excluding hydrogens is 268 g/mol. The lowest BCUT2D eigenvalue weighted by Gasteiger charge is -2.06. The standard InChI is InChI=1S/C13H13ClN2O3/c1-2-9-3-4-10(7-12(9)16(17)18)15-8-11-5-6-13(14)19-11/h3-7,15H,2,8H2,1H3.